The number of hydrogen-bond donors (Lipinski definition) is 1. The maximum atomic E-state index is 14.0. The number of nitrogens with one attached hydrogen (secondary N) is 1. The maximum absolute atomic E-state index is 14.0. The zero-order chi connectivity index (χ0) is 14.8. The predicted molar refractivity (Wildman–Crippen MR) is 79.6 cm³/mol. The summed E-state index contributed by atoms with van der Waals surface area (Å²) in [6.45, 7) is 10.5. The van der Waals surface area contributed by atoms with Crippen molar-refractivity contribution in [2.75, 3.05) is 33.3 Å². The molecule has 0 spiro atoms. The molecule has 1 heterocycles. The minimum atomic E-state index is -0.283. The number of rotatable bonds is 3. The van der Waals surface area contributed by atoms with Crippen LogP contribution in [0.1, 0.15) is 32.4 Å². The molecule has 0 radical (unpaired) electrons. The van der Waals surface area contributed by atoms with Gasteiger partial charge in [-0.25, -0.2) is 4.39 Å². The first kappa shape index (κ1) is 15.3. The SMILES string of the molecule is COc1c(F)cccc1[C@H](N1CCNCC1)C(C)(C)C. The summed E-state index contributed by atoms with van der Waals surface area (Å²) in [5.41, 5.74) is 0.959. The maximum Gasteiger partial charge on any atom is 0.165 e. The van der Waals surface area contributed by atoms with Crippen LogP contribution in [0.2, 0.25) is 0 Å². The van der Waals surface area contributed by atoms with Crippen LogP contribution in [-0.4, -0.2) is 38.2 Å². The Hall–Kier alpha value is -1.13. The molecule has 0 bridgehead atoms. The zero-order valence-corrected chi connectivity index (χ0v) is 12.9. The van der Waals surface area contributed by atoms with Crippen LogP contribution in [0.3, 0.4) is 0 Å². The Labute approximate surface area is 121 Å². The van der Waals surface area contributed by atoms with Gasteiger partial charge in [-0.05, 0) is 11.5 Å². The van der Waals surface area contributed by atoms with Crippen molar-refractivity contribution in [3.63, 3.8) is 0 Å². The van der Waals surface area contributed by atoms with E-state index in [0.29, 0.717) is 5.75 Å². The van der Waals surface area contributed by atoms with E-state index < -0.39 is 0 Å². The molecule has 1 aliphatic heterocycles. The summed E-state index contributed by atoms with van der Waals surface area (Å²) in [5, 5.41) is 3.37. The van der Waals surface area contributed by atoms with Gasteiger partial charge in [0.15, 0.2) is 11.6 Å². The van der Waals surface area contributed by atoms with Crippen LogP contribution >= 0.6 is 0 Å². The Kier molecular flexibility index (Phi) is 4.66. The Morgan fingerprint density at radius 2 is 1.90 bits per heavy atom. The van der Waals surface area contributed by atoms with Crippen molar-refractivity contribution in [2.45, 2.75) is 26.8 Å². The second kappa shape index (κ2) is 6.10. The van der Waals surface area contributed by atoms with Gasteiger partial charge in [-0.15, -0.1) is 0 Å². The van der Waals surface area contributed by atoms with Crippen LogP contribution in [0.5, 0.6) is 5.75 Å². The third-order valence-electron chi connectivity index (χ3n) is 3.83. The first-order chi connectivity index (χ1) is 9.45. The largest absolute Gasteiger partial charge is 0.493 e. The third kappa shape index (κ3) is 3.13. The van der Waals surface area contributed by atoms with Gasteiger partial charge in [0.05, 0.1) is 7.11 Å². The van der Waals surface area contributed by atoms with E-state index in [1.54, 1.807) is 13.2 Å². The Morgan fingerprint density at radius 1 is 1.25 bits per heavy atom. The van der Waals surface area contributed by atoms with Gasteiger partial charge in [0.1, 0.15) is 0 Å². The van der Waals surface area contributed by atoms with E-state index in [9.17, 15) is 4.39 Å². The number of benzene rings is 1. The predicted octanol–water partition coefficient (Wildman–Crippen LogP) is 2.83. The van der Waals surface area contributed by atoms with Crippen molar-refractivity contribution in [3.8, 4) is 5.75 Å². The molecule has 0 amide bonds. The number of hydrogen-bond acceptors (Lipinski definition) is 3. The molecule has 0 aromatic heterocycles. The van der Waals surface area contributed by atoms with E-state index in [1.807, 2.05) is 6.07 Å². The minimum absolute atomic E-state index is 0.0123. The lowest BCUT2D eigenvalue weighted by atomic mass is 9.80. The molecule has 4 heteroatoms. The van der Waals surface area contributed by atoms with Gasteiger partial charge in [-0.2, -0.15) is 0 Å². The molecule has 1 saturated heterocycles. The second-order valence-corrected chi connectivity index (χ2v) is 6.42. The number of methoxy groups -OCH3 is 1. The average Bonchev–Trinajstić information content (AvgIpc) is 2.39. The molecule has 2 rings (SSSR count). The summed E-state index contributed by atoms with van der Waals surface area (Å²) in [4.78, 5) is 2.42. The smallest absolute Gasteiger partial charge is 0.165 e. The number of ether oxygens (including phenoxy) is 1. The van der Waals surface area contributed by atoms with Gasteiger partial charge < -0.3 is 10.1 Å². The lowest BCUT2D eigenvalue weighted by Crippen LogP contribution is -2.48. The fourth-order valence-electron chi connectivity index (χ4n) is 3.11. The summed E-state index contributed by atoms with van der Waals surface area (Å²) < 4.78 is 19.3. The summed E-state index contributed by atoms with van der Waals surface area (Å²) in [5.74, 6) is 0.0975. The molecule has 0 unspecified atom stereocenters. The molecular weight excluding hydrogens is 255 g/mol. The van der Waals surface area contributed by atoms with E-state index in [2.05, 4.69) is 31.0 Å². The lowest BCUT2D eigenvalue weighted by Gasteiger charge is -2.43. The van der Waals surface area contributed by atoms with E-state index >= 15 is 0 Å². The van der Waals surface area contributed by atoms with E-state index in [1.165, 1.54) is 6.07 Å². The molecular formula is C16H25FN2O. The van der Waals surface area contributed by atoms with Crippen molar-refractivity contribution in [3.05, 3.63) is 29.6 Å². The summed E-state index contributed by atoms with van der Waals surface area (Å²) >= 11 is 0. The van der Waals surface area contributed by atoms with E-state index in [4.69, 9.17) is 4.74 Å². The summed E-state index contributed by atoms with van der Waals surface area (Å²) in [6, 6.07) is 5.36. The average molecular weight is 280 g/mol. The van der Waals surface area contributed by atoms with Gasteiger partial charge in [0, 0.05) is 37.8 Å². The van der Waals surface area contributed by atoms with Gasteiger partial charge in [0.25, 0.3) is 0 Å². The van der Waals surface area contributed by atoms with Crippen molar-refractivity contribution < 1.29 is 9.13 Å². The Morgan fingerprint density at radius 3 is 2.45 bits per heavy atom. The molecule has 1 aliphatic rings. The van der Waals surface area contributed by atoms with E-state index in [-0.39, 0.29) is 17.3 Å². The quantitative estimate of drug-likeness (QED) is 0.921. The third-order valence-corrected chi connectivity index (χ3v) is 3.83. The van der Waals surface area contributed by atoms with Gasteiger partial charge in [-0.1, -0.05) is 32.9 Å². The van der Waals surface area contributed by atoms with E-state index in [0.717, 1.165) is 31.7 Å². The molecule has 3 nitrogen and oxygen atoms in total. The topological polar surface area (TPSA) is 24.5 Å². The molecule has 1 aromatic rings. The van der Waals surface area contributed by atoms with Crippen LogP contribution in [0, 0.1) is 11.2 Å². The highest BCUT2D eigenvalue weighted by Crippen LogP contribution is 2.42. The van der Waals surface area contributed by atoms with Crippen LogP contribution < -0.4 is 10.1 Å². The monoisotopic (exact) mass is 280 g/mol. The highest BCUT2D eigenvalue weighted by Gasteiger charge is 2.35. The highest BCUT2D eigenvalue weighted by molar-refractivity contribution is 5.38. The lowest BCUT2D eigenvalue weighted by molar-refractivity contribution is 0.0837. The number of nitrogens with zero attached hydrogens (tertiary/aromatic N) is 1. The highest BCUT2D eigenvalue weighted by atomic mass is 19.1. The van der Waals surface area contributed by atoms with Crippen molar-refractivity contribution >= 4 is 0 Å². The first-order valence-corrected chi connectivity index (χ1v) is 7.22. The van der Waals surface area contributed by atoms with Crippen molar-refractivity contribution in [2.24, 2.45) is 5.41 Å². The molecule has 1 N–H and O–H groups in total. The standard InChI is InChI=1S/C16H25FN2O/c1-16(2,3)15(19-10-8-18-9-11-19)12-6-5-7-13(17)14(12)20-4/h5-7,15,18H,8-11H2,1-4H3/t15-/m0/s1. The fraction of sp³-hybridized carbons (Fsp3) is 0.625. The van der Waals surface area contributed by atoms with Crippen LogP contribution in [0.15, 0.2) is 18.2 Å². The second-order valence-electron chi connectivity index (χ2n) is 6.42. The number of piperazine rings is 1. The Bertz CT molecular complexity index is 450. The van der Waals surface area contributed by atoms with Crippen LogP contribution in [0.4, 0.5) is 4.39 Å². The zero-order valence-electron chi connectivity index (χ0n) is 12.9. The molecule has 0 aliphatic carbocycles. The molecule has 1 fully saturated rings. The molecule has 20 heavy (non-hydrogen) atoms. The van der Waals surface area contributed by atoms with Crippen molar-refractivity contribution in [1.29, 1.82) is 0 Å². The van der Waals surface area contributed by atoms with Gasteiger partial charge in [0.2, 0.25) is 0 Å². The summed E-state index contributed by atoms with van der Waals surface area (Å²) in [7, 11) is 1.54. The van der Waals surface area contributed by atoms with Crippen molar-refractivity contribution in [1.82, 2.24) is 10.2 Å². The molecule has 1 atom stereocenters. The fourth-order valence-corrected chi connectivity index (χ4v) is 3.11. The normalized spacial score (nSPS) is 18.9. The van der Waals surface area contributed by atoms with Gasteiger partial charge in [-0.3, -0.25) is 4.90 Å². The molecule has 112 valence electrons. The number of para-hydroxylation sites is 1. The van der Waals surface area contributed by atoms with Crippen LogP contribution in [0.25, 0.3) is 0 Å². The minimum Gasteiger partial charge on any atom is -0.493 e. The molecule has 0 saturated carbocycles. The summed E-state index contributed by atoms with van der Waals surface area (Å²) in [6.07, 6.45) is 0. The Balaban J connectivity index is 2.43. The van der Waals surface area contributed by atoms with Crippen LogP contribution in [-0.2, 0) is 0 Å². The number of halogens is 1. The molecule has 1 aromatic carbocycles. The first-order valence-electron chi connectivity index (χ1n) is 7.22. The van der Waals surface area contributed by atoms with Gasteiger partial charge >= 0.3 is 0 Å².